The van der Waals surface area contributed by atoms with Crippen molar-refractivity contribution in [2.75, 3.05) is 20.0 Å². The van der Waals surface area contributed by atoms with Gasteiger partial charge in [-0.25, -0.2) is 0 Å². The molecule has 0 heterocycles. The molecule has 0 saturated heterocycles. The Morgan fingerprint density at radius 3 is 0.989 bits per heavy atom. The van der Waals surface area contributed by atoms with Crippen LogP contribution in [0.3, 0.4) is 0 Å². The molecule has 0 saturated carbocycles. The van der Waals surface area contributed by atoms with Crippen molar-refractivity contribution in [2.45, 2.75) is 162 Å². The number of halogens is 15. The van der Waals surface area contributed by atoms with Gasteiger partial charge in [0.1, 0.15) is 22.6 Å². The molecule has 32 heteroatoms. The van der Waals surface area contributed by atoms with E-state index in [-0.39, 0.29) is 29.4 Å². The van der Waals surface area contributed by atoms with Gasteiger partial charge in [0, 0.05) is 13.6 Å². The van der Waals surface area contributed by atoms with Crippen molar-refractivity contribution in [2.24, 2.45) is 0 Å². The molecule has 0 aliphatic heterocycles. The summed E-state index contributed by atoms with van der Waals surface area (Å²) in [6.07, 6.45) is -23.0. The first kappa shape index (κ1) is 82.9. The molecule has 5 aromatic rings. The van der Waals surface area contributed by atoms with Gasteiger partial charge in [-0.3, -0.25) is 20.2 Å². The maximum absolute atomic E-state index is 12.9. The van der Waals surface area contributed by atoms with E-state index < -0.39 is 130 Å². The largest absolute Gasteiger partial charge is 0.507 e. The number of para-hydroxylation sites is 1. The van der Waals surface area contributed by atoms with Gasteiger partial charge in [0.15, 0.2) is 5.75 Å². The van der Waals surface area contributed by atoms with Crippen LogP contribution in [0.5, 0.6) is 28.7 Å². The Bertz CT molecular complexity index is 3160. The van der Waals surface area contributed by atoms with Crippen LogP contribution in [0.1, 0.15) is 155 Å². The Morgan fingerprint density at radius 1 is 0.416 bits per heavy atom. The summed E-state index contributed by atoms with van der Waals surface area (Å²) < 4.78 is 198. The number of nitro benzene ring substituents is 2. The molecule has 0 spiro atoms. The number of phenolic OH excluding ortho intramolecular Hbond substituents is 3. The quantitative estimate of drug-likeness (QED) is 0.0423. The summed E-state index contributed by atoms with van der Waals surface area (Å²) >= 11 is 0. The second-order valence-corrected chi connectivity index (χ2v) is 23.8. The minimum absolute atomic E-state index is 0. The van der Waals surface area contributed by atoms with Crippen LogP contribution in [-0.2, 0) is 52.5 Å². The van der Waals surface area contributed by atoms with Crippen molar-refractivity contribution in [3.63, 3.8) is 0 Å². The predicted octanol–water partition coefficient (Wildman–Crippen LogP) is 17.9. The van der Waals surface area contributed by atoms with E-state index in [9.17, 15) is 91.2 Å². The molecule has 504 valence electrons. The molecule has 0 fully saturated rings. The number of rotatable bonds is 4. The summed E-state index contributed by atoms with van der Waals surface area (Å²) in [5, 5.41) is 70.9. The zero-order valence-electron chi connectivity index (χ0n) is 51.1. The topological polar surface area (TPSA) is 275 Å². The van der Waals surface area contributed by atoms with E-state index >= 15 is 0 Å². The fourth-order valence-corrected chi connectivity index (χ4v) is 6.48. The van der Waals surface area contributed by atoms with Gasteiger partial charge in [0.25, 0.3) is 5.09 Å². The lowest BCUT2D eigenvalue weighted by atomic mass is 9.85. The highest BCUT2D eigenvalue weighted by atomic mass is 19.4. The van der Waals surface area contributed by atoms with Gasteiger partial charge < -0.3 is 40.8 Å². The van der Waals surface area contributed by atoms with Gasteiger partial charge >= 0.3 is 42.3 Å². The van der Waals surface area contributed by atoms with Crippen LogP contribution in [0, 0.1) is 30.3 Å². The van der Waals surface area contributed by atoms with Crippen molar-refractivity contribution >= 4 is 17.1 Å². The minimum atomic E-state index is -4.84. The second kappa shape index (κ2) is 30.8. The molecule has 17 nitrogen and oxygen atoms in total. The maximum Gasteiger partial charge on any atom is 0.420 e. The number of phenols is 3. The van der Waals surface area contributed by atoms with E-state index in [1.807, 2.05) is 41.5 Å². The Hall–Kier alpha value is -8.19. The van der Waals surface area contributed by atoms with Crippen LogP contribution in [0.4, 0.5) is 82.9 Å². The van der Waals surface area contributed by atoms with Crippen LogP contribution < -0.4 is 15.2 Å². The monoisotopic (exact) mass is 1310 g/mol. The number of anilines is 1. The Kier molecular flexibility index (Phi) is 28.7. The van der Waals surface area contributed by atoms with Crippen molar-refractivity contribution in [1.29, 1.82) is 0 Å². The van der Waals surface area contributed by atoms with Crippen LogP contribution in [0.15, 0.2) is 78.9 Å². The summed E-state index contributed by atoms with van der Waals surface area (Å²) in [7, 11) is 2.16. The van der Waals surface area contributed by atoms with E-state index in [4.69, 9.17) is 41.1 Å². The maximum atomic E-state index is 12.9. The first-order valence-corrected chi connectivity index (χ1v) is 25.3. The molecule has 0 aromatic heterocycles. The lowest BCUT2D eigenvalue weighted by Gasteiger charge is -2.23. The Balaban J connectivity index is -0.00000102. The van der Waals surface area contributed by atoms with E-state index in [2.05, 4.69) is 4.74 Å². The number of nitro groups is 2. The molecule has 0 amide bonds. The van der Waals surface area contributed by atoms with Crippen LogP contribution in [-0.4, -0.2) is 60.4 Å². The normalized spacial score (nSPS) is 12.1. The smallest absolute Gasteiger partial charge is 0.420 e. The molecule has 0 atom stereocenters. The van der Waals surface area contributed by atoms with Crippen molar-refractivity contribution < 1.29 is 117 Å². The number of hydrogen-bond acceptors (Lipinski definition) is 13. The molecule has 89 heavy (non-hydrogen) atoms. The number of aromatic hydroxyl groups is 3. The van der Waals surface area contributed by atoms with E-state index in [0.717, 1.165) is 61.7 Å². The van der Waals surface area contributed by atoms with Gasteiger partial charge in [-0.15, -0.1) is 10.1 Å². The molecule has 0 aliphatic carbocycles. The molecular weight excluding hydrogens is 1230 g/mol. The third-order valence-electron chi connectivity index (χ3n) is 11.0. The highest BCUT2D eigenvalue weighted by Crippen LogP contribution is 2.47. The molecule has 0 radical (unpaired) electrons. The number of nitrogen functional groups attached to an aromatic ring is 1. The standard InChI is InChI=1S/C12H14F3NO3.C12H16F3NO.C11H12F3NO3.C11H13F3O.C7H5F3O.C4H10O.HNO3.H2/c1-11(2,3)7-5-8(12(13,14)15)10(19-4)9(6-7)16(17)18;1-11(2,3)7-5-8(12(13,14)15)10(17-4)9(16)6-7;1-10(2,3)6-4-7(11(12,13)14)9(16)8(5-6)15(17)18;1-10(2,3)7-4-5-9(15)8(6-7)11(12,13)14;8-7(9,10)5-3-1-2-4-6(5)11;1-4(2,3)5;2-1(3)4;/h5-6H,1-4H3;5-6H,16H2,1-4H3;4-5,16H,1-3H3;4-6,15H,1-3H3;1-4,11H;5H,1-3H3;(H,2,3,4);1H. The van der Waals surface area contributed by atoms with Gasteiger partial charge in [-0.05, 0) is 113 Å². The van der Waals surface area contributed by atoms with Crippen molar-refractivity contribution in [1.82, 2.24) is 0 Å². The third-order valence-corrected chi connectivity index (χ3v) is 11.0. The summed E-state index contributed by atoms with van der Waals surface area (Å²) in [5.41, 5.74) is -2.49. The number of alkyl halides is 15. The molecular formula is C57H73F15N4O13. The fraction of sp³-hybridized carbons (Fsp3) is 0.474. The predicted molar refractivity (Wildman–Crippen MR) is 301 cm³/mol. The molecule has 7 N–H and O–H groups in total. The number of hydrogen-bond donors (Lipinski definition) is 6. The van der Waals surface area contributed by atoms with Crippen LogP contribution in [0.2, 0.25) is 0 Å². The number of methoxy groups -OCH3 is 2. The van der Waals surface area contributed by atoms with Crippen molar-refractivity contribution in [3.05, 3.63) is 159 Å². The summed E-state index contributed by atoms with van der Waals surface area (Å²) in [5.74, 6) is -3.88. The average molecular weight is 1310 g/mol. The van der Waals surface area contributed by atoms with Crippen molar-refractivity contribution in [3.8, 4) is 28.7 Å². The SMILES string of the molecule is CC(C)(C)O.CC(C)(C)c1cc([N+](=O)[O-])c(O)c(C(F)(F)F)c1.CC(C)(C)c1ccc(O)c(C(F)(F)F)c1.COc1c(N)cc(C(C)(C)C)cc1C(F)(F)F.COc1c([N+](=O)[O-])cc(C(C)(C)C)cc1C(F)(F)F.O=[N+]([O-])O.Oc1ccccc1C(F)(F)F.[HH]. The van der Waals surface area contributed by atoms with Gasteiger partial charge in [-0.1, -0.05) is 101 Å². The zero-order valence-corrected chi connectivity index (χ0v) is 51.1. The van der Waals surface area contributed by atoms with Crippen LogP contribution >= 0.6 is 0 Å². The molecule has 5 rings (SSSR count). The van der Waals surface area contributed by atoms with E-state index in [1.165, 1.54) is 31.4 Å². The zero-order chi connectivity index (χ0) is 71.2. The number of nitrogens with zero attached hydrogens (tertiary/aromatic N) is 3. The second-order valence-electron chi connectivity index (χ2n) is 23.8. The number of benzene rings is 5. The summed E-state index contributed by atoms with van der Waals surface area (Å²) in [4.78, 5) is 28.0. The lowest BCUT2D eigenvalue weighted by molar-refractivity contribution is -0.742. The summed E-state index contributed by atoms with van der Waals surface area (Å²) in [6, 6.07) is 14.3. The molecule has 0 aliphatic rings. The van der Waals surface area contributed by atoms with Crippen LogP contribution in [0.25, 0.3) is 0 Å². The minimum Gasteiger partial charge on any atom is -0.507 e. The summed E-state index contributed by atoms with van der Waals surface area (Å²) in [6.45, 7) is 26.1. The van der Waals surface area contributed by atoms with E-state index in [1.54, 1.807) is 62.3 Å². The molecule has 5 aromatic carbocycles. The highest BCUT2D eigenvalue weighted by Gasteiger charge is 2.42. The first-order valence-electron chi connectivity index (χ1n) is 25.3. The Labute approximate surface area is 503 Å². The van der Waals surface area contributed by atoms with Gasteiger partial charge in [0.2, 0.25) is 11.5 Å². The fourth-order valence-electron chi connectivity index (χ4n) is 6.48. The average Bonchev–Trinajstić information content (AvgIpc) is 3.39. The third kappa shape index (κ3) is 28.7. The molecule has 0 unspecified atom stereocenters. The highest BCUT2D eigenvalue weighted by molar-refractivity contribution is 5.61. The van der Waals surface area contributed by atoms with E-state index in [0.29, 0.717) is 11.1 Å². The van der Waals surface area contributed by atoms with Gasteiger partial charge in [-0.2, -0.15) is 65.9 Å². The Morgan fingerprint density at radius 2 is 0.697 bits per heavy atom. The van der Waals surface area contributed by atoms with Gasteiger partial charge in [0.05, 0.1) is 52.0 Å². The molecule has 0 bridgehead atoms. The number of aliphatic hydroxyl groups is 1. The number of ether oxygens (including phenoxy) is 2. The lowest BCUT2D eigenvalue weighted by Crippen LogP contribution is -2.16. The first-order chi connectivity index (χ1) is 39.4. The number of nitrogens with two attached hydrogens (primary N) is 1.